The second kappa shape index (κ2) is 10.2. The minimum Gasteiger partial charge on any atom is -0.497 e. The van der Waals surface area contributed by atoms with Crippen LogP contribution in [0.2, 0.25) is 0 Å². The van der Waals surface area contributed by atoms with Gasteiger partial charge in [0.2, 0.25) is 10.0 Å². The zero-order valence-electron chi connectivity index (χ0n) is 18.4. The summed E-state index contributed by atoms with van der Waals surface area (Å²) >= 11 is 1.20. The normalized spacial score (nSPS) is 11.4. The van der Waals surface area contributed by atoms with Crippen molar-refractivity contribution in [2.24, 2.45) is 5.14 Å². The first kappa shape index (κ1) is 23.7. The molecule has 1 heterocycles. The van der Waals surface area contributed by atoms with Gasteiger partial charge in [0.05, 0.1) is 22.1 Å². The second-order valence-corrected chi connectivity index (χ2v) is 9.88. The van der Waals surface area contributed by atoms with Gasteiger partial charge in [-0.2, -0.15) is 4.37 Å². The van der Waals surface area contributed by atoms with Crippen LogP contribution in [0.3, 0.4) is 0 Å². The molecule has 0 atom stereocenters. The zero-order valence-corrected chi connectivity index (χ0v) is 20.1. The van der Waals surface area contributed by atoms with Crippen LogP contribution in [0.1, 0.15) is 16.8 Å². The molecule has 0 radical (unpaired) electrons. The number of ether oxygens (including phenoxy) is 1. The van der Waals surface area contributed by atoms with E-state index in [2.05, 4.69) is 15.0 Å². The topological polar surface area (TPSA) is 123 Å². The Morgan fingerprint density at radius 3 is 2.32 bits per heavy atom. The van der Waals surface area contributed by atoms with Crippen LogP contribution in [-0.2, 0) is 10.0 Å². The number of nitrogens with two attached hydrogens (primary N) is 1. The molecule has 176 valence electrons. The molecule has 4 rings (SSSR count). The molecular formula is C24H24N4O4S2. The van der Waals surface area contributed by atoms with Crippen molar-refractivity contribution in [2.75, 3.05) is 25.5 Å². The Balaban J connectivity index is 1.29. The fraction of sp³-hybridized carbons (Fsp3) is 0.167. The summed E-state index contributed by atoms with van der Waals surface area (Å²) in [5.74, 6) is 1.11. The number of carbonyl (C=O) groups is 1. The van der Waals surface area contributed by atoms with E-state index in [0.29, 0.717) is 36.3 Å². The molecule has 1 aromatic heterocycles. The van der Waals surface area contributed by atoms with Crippen molar-refractivity contribution in [3.8, 4) is 16.9 Å². The summed E-state index contributed by atoms with van der Waals surface area (Å²) in [6.45, 7) is 0.963. The molecule has 0 unspecified atom stereocenters. The fourth-order valence-corrected chi connectivity index (χ4v) is 5.12. The van der Waals surface area contributed by atoms with Crippen LogP contribution in [0.5, 0.6) is 5.75 Å². The molecule has 1 amide bonds. The summed E-state index contributed by atoms with van der Waals surface area (Å²) in [4.78, 5) is 12.5. The van der Waals surface area contributed by atoms with E-state index in [1.807, 2.05) is 36.4 Å². The third-order valence-corrected chi connectivity index (χ3v) is 7.03. The molecular weight excluding hydrogens is 472 g/mol. The number of primary sulfonamides is 1. The molecule has 8 nitrogen and oxygen atoms in total. The number of anilines is 1. The maximum absolute atomic E-state index is 12.5. The van der Waals surface area contributed by atoms with Gasteiger partial charge in [-0.3, -0.25) is 4.79 Å². The van der Waals surface area contributed by atoms with Crippen LogP contribution >= 0.6 is 11.5 Å². The van der Waals surface area contributed by atoms with Gasteiger partial charge in [-0.15, -0.1) is 0 Å². The van der Waals surface area contributed by atoms with Crippen LogP contribution in [0, 0.1) is 0 Å². The van der Waals surface area contributed by atoms with Crippen molar-refractivity contribution in [2.45, 2.75) is 11.3 Å². The molecule has 4 N–H and O–H groups in total. The molecule has 0 aliphatic carbocycles. The van der Waals surface area contributed by atoms with Crippen LogP contribution < -0.4 is 20.5 Å². The van der Waals surface area contributed by atoms with Crippen molar-refractivity contribution in [1.29, 1.82) is 0 Å². The molecule has 0 spiro atoms. The van der Waals surface area contributed by atoms with Gasteiger partial charge in [-0.1, -0.05) is 30.3 Å². The molecule has 0 saturated heterocycles. The lowest BCUT2D eigenvalue weighted by Gasteiger charge is -2.08. The molecule has 0 fully saturated rings. The minimum absolute atomic E-state index is 0.0487. The molecule has 0 aliphatic rings. The Hall–Kier alpha value is -3.47. The first-order valence-electron chi connectivity index (χ1n) is 10.5. The van der Waals surface area contributed by atoms with Gasteiger partial charge >= 0.3 is 0 Å². The highest BCUT2D eigenvalue weighted by Crippen LogP contribution is 2.32. The van der Waals surface area contributed by atoms with E-state index in [0.717, 1.165) is 21.6 Å². The largest absolute Gasteiger partial charge is 0.497 e. The standard InChI is InChI=1S/C24H24N4O4S2/c1-32-19-12-10-17(11-13-19)16-6-8-18(9-7-16)24(29)27-15-3-14-26-23-22-20(33-28-23)4-2-5-21(22)34(25,30)31/h2,4-13H,3,14-15H2,1H3,(H,26,28)(H,27,29)(H2,25,30,31). The number of amides is 1. The number of methoxy groups -OCH3 is 1. The summed E-state index contributed by atoms with van der Waals surface area (Å²) in [6.07, 6.45) is 0.631. The average Bonchev–Trinajstić information content (AvgIpc) is 3.26. The predicted octanol–water partition coefficient (Wildman–Crippen LogP) is 3.85. The number of carbonyl (C=O) groups excluding carboxylic acids is 1. The number of nitrogens with one attached hydrogen (secondary N) is 2. The number of nitrogens with zero attached hydrogens (tertiary/aromatic N) is 1. The minimum atomic E-state index is -3.86. The van der Waals surface area contributed by atoms with E-state index in [4.69, 9.17) is 9.88 Å². The molecule has 0 bridgehead atoms. The van der Waals surface area contributed by atoms with Crippen molar-refractivity contribution in [1.82, 2.24) is 9.69 Å². The summed E-state index contributed by atoms with van der Waals surface area (Å²) in [6, 6.07) is 20.1. The summed E-state index contributed by atoms with van der Waals surface area (Å²) in [5.41, 5.74) is 2.63. The number of benzene rings is 3. The Morgan fingerprint density at radius 2 is 1.68 bits per heavy atom. The van der Waals surface area contributed by atoms with Gasteiger partial charge in [-0.25, -0.2) is 13.6 Å². The van der Waals surface area contributed by atoms with Gasteiger partial charge in [0.1, 0.15) is 11.6 Å². The summed E-state index contributed by atoms with van der Waals surface area (Å²) in [7, 11) is -2.23. The van der Waals surface area contributed by atoms with Crippen LogP contribution in [-0.4, -0.2) is 38.9 Å². The number of sulfonamides is 1. The molecule has 0 saturated carbocycles. The maximum atomic E-state index is 12.5. The zero-order chi connectivity index (χ0) is 24.1. The molecule has 10 heteroatoms. The van der Waals surface area contributed by atoms with Crippen molar-refractivity contribution in [3.05, 3.63) is 72.3 Å². The number of hydrogen-bond acceptors (Lipinski definition) is 7. The Morgan fingerprint density at radius 1 is 1.00 bits per heavy atom. The van der Waals surface area contributed by atoms with Crippen LogP contribution in [0.4, 0.5) is 5.82 Å². The van der Waals surface area contributed by atoms with E-state index in [9.17, 15) is 13.2 Å². The number of rotatable bonds is 9. The van der Waals surface area contributed by atoms with Crippen molar-refractivity contribution in [3.63, 3.8) is 0 Å². The predicted molar refractivity (Wildman–Crippen MR) is 135 cm³/mol. The fourth-order valence-electron chi connectivity index (χ4n) is 3.52. The highest BCUT2D eigenvalue weighted by molar-refractivity contribution is 7.89. The highest BCUT2D eigenvalue weighted by Gasteiger charge is 2.17. The van der Waals surface area contributed by atoms with Gasteiger partial charge in [0, 0.05) is 18.7 Å². The van der Waals surface area contributed by atoms with Crippen molar-refractivity contribution < 1.29 is 17.9 Å². The lowest BCUT2D eigenvalue weighted by Crippen LogP contribution is -2.25. The molecule has 3 aromatic carbocycles. The smallest absolute Gasteiger partial charge is 0.251 e. The molecule has 4 aromatic rings. The lowest BCUT2D eigenvalue weighted by atomic mass is 10.0. The van der Waals surface area contributed by atoms with Gasteiger partial charge in [-0.05, 0) is 65.5 Å². The molecule has 0 aliphatic heterocycles. The SMILES string of the molecule is COc1ccc(-c2ccc(C(=O)NCCCNc3nsc4cccc(S(N)(=O)=O)c34)cc2)cc1. The van der Waals surface area contributed by atoms with E-state index in [1.165, 1.54) is 17.6 Å². The third-order valence-electron chi connectivity index (χ3n) is 5.27. The third kappa shape index (κ3) is 5.36. The number of hydrogen-bond donors (Lipinski definition) is 3. The summed E-state index contributed by atoms with van der Waals surface area (Å²) in [5, 5.41) is 11.9. The van der Waals surface area contributed by atoms with Crippen LogP contribution in [0.15, 0.2) is 71.6 Å². The lowest BCUT2D eigenvalue weighted by molar-refractivity contribution is 0.0953. The summed E-state index contributed by atoms with van der Waals surface area (Å²) < 4.78 is 34.0. The second-order valence-electron chi connectivity index (χ2n) is 7.55. The highest BCUT2D eigenvalue weighted by atomic mass is 32.2. The van der Waals surface area contributed by atoms with E-state index >= 15 is 0 Å². The monoisotopic (exact) mass is 496 g/mol. The Bertz CT molecular complexity index is 1400. The number of aromatic nitrogens is 1. The molecule has 34 heavy (non-hydrogen) atoms. The first-order chi connectivity index (χ1) is 16.4. The van der Waals surface area contributed by atoms with Crippen molar-refractivity contribution >= 4 is 43.4 Å². The first-order valence-corrected chi connectivity index (χ1v) is 12.9. The van der Waals surface area contributed by atoms with Gasteiger partial charge in [0.15, 0.2) is 0 Å². The van der Waals surface area contributed by atoms with E-state index < -0.39 is 10.0 Å². The Kier molecular flexibility index (Phi) is 7.11. The quantitative estimate of drug-likeness (QED) is 0.303. The van der Waals surface area contributed by atoms with E-state index in [1.54, 1.807) is 31.4 Å². The van der Waals surface area contributed by atoms with E-state index in [-0.39, 0.29) is 10.8 Å². The number of fused-ring (bicyclic) bond motifs is 1. The Labute approximate surface area is 202 Å². The average molecular weight is 497 g/mol. The van der Waals surface area contributed by atoms with Gasteiger partial charge in [0.25, 0.3) is 5.91 Å². The van der Waals surface area contributed by atoms with Gasteiger partial charge < -0.3 is 15.4 Å². The van der Waals surface area contributed by atoms with Crippen LogP contribution in [0.25, 0.3) is 21.2 Å². The maximum Gasteiger partial charge on any atom is 0.251 e.